The van der Waals surface area contributed by atoms with Crippen LogP contribution >= 0.6 is 24.0 Å². The van der Waals surface area contributed by atoms with Gasteiger partial charge in [0, 0.05) is 36.7 Å². The third kappa shape index (κ3) is 6.04. The number of aliphatic imine (C=N–C) groups is 1. The zero-order chi connectivity index (χ0) is 20.6. The highest BCUT2D eigenvalue weighted by Crippen LogP contribution is 2.29. The number of hydrogen-bond donors (Lipinski definition) is 4. The van der Waals surface area contributed by atoms with Gasteiger partial charge >= 0.3 is 0 Å². The van der Waals surface area contributed by atoms with Crippen LogP contribution in [0.3, 0.4) is 0 Å². The highest BCUT2D eigenvalue weighted by molar-refractivity contribution is 14.0. The summed E-state index contributed by atoms with van der Waals surface area (Å²) < 4.78 is 5.16. The van der Waals surface area contributed by atoms with Crippen LogP contribution in [-0.4, -0.2) is 42.8 Å². The van der Waals surface area contributed by atoms with E-state index in [1.807, 2.05) is 19.1 Å². The van der Waals surface area contributed by atoms with Gasteiger partial charge in [-0.2, -0.15) is 0 Å². The number of guanidine groups is 1. The maximum Gasteiger partial charge on any atom is 0.191 e. The Morgan fingerprint density at radius 1 is 1.13 bits per heavy atom. The normalized spacial score (nSPS) is 11.2. The SMILES string of the molecule is CCNC(=NCCc1cccc(OC)c1O)NCCc1c[nH]c2cc(C)ccc12.I. The Hall–Kier alpha value is -2.42. The van der Waals surface area contributed by atoms with Gasteiger partial charge in [0.2, 0.25) is 0 Å². The quantitative estimate of drug-likeness (QED) is 0.204. The molecule has 3 rings (SSSR count). The number of nitrogens with zero attached hydrogens (tertiary/aromatic N) is 1. The molecule has 0 aliphatic rings. The van der Waals surface area contributed by atoms with E-state index in [9.17, 15) is 5.11 Å². The topological polar surface area (TPSA) is 81.7 Å². The van der Waals surface area contributed by atoms with E-state index in [0.717, 1.165) is 31.0 Å². The summed E-state index contributed by atoms with van der Waals surface area (Å²) in [4.78, 5) is 7.98. The van der Waals surface area contributed by atoms with Crippen LogP contribution in [0, 0.1) is 6.92 Å². The molecule has 1 heterocycles. The number of aryl methyl sites for hydroxylation is 1. The number of rotatable bonds is 8. The molecule has 0 saturated carbocycles. The van der Waals surface area contributed by atoms with Crippen LogP contribution in [0.15, 0.2) is 47.6 Å². The lowest BCUT2D eigenvalue weighted by molar-refractivity contribution is 0.370. The molecule has 0 atom stereocenters. The van der Waals surface area contributed by atoms with Crippen LogP contribution in [0.2, 0.25) is 0 Å². The smallest absolute Gasteiger partial charge is 0.191 e. The maximum absolute atomic E-state index is 10.2. The molecule has 0 saturated heterocycles. The largest absolute Gasteiger partial charge is 0.504 e. The van der Waals surface area contributed by atoms with Crippen LogP contribution < -0.4 is 15.4 Å². The van der Waals surface area contributed by atoms with Crippen LogP contribution in [0.5, 0.6) is 11.5 Å². The molecule has 0 amide bonds. The van der Waals surface area contributed by atoms with Crippen molar-refractivity contribution in [1.82, 2.24) is 15.6 Å². The van der Waals surface area contributed by atoms with Gasteiger partial charge in [0.15, 0.2) is 17.5 Å². The first-order valence-electron chi connectivity index (χ1n) is 10.1. The number of para-hydroxylation sites is 1. The summed E-state index contributed by atoms with van der Waals surface area (Å²) in [6.45, 7) is 6.31. The molecule has 6 nitrogen and oxygen atoms in total. The van der Waals surface area contributed by atoms with E-state index >= 15 is 0 Å². The summed E-state index contributed by atoms with van der Waals surface area (Å²) >= 11 is 0. The number of halogens is 1. The van der Waals surface area contributed by atoms with E-state index < -0.39 is 0 Å². The molecule has 0 fully saturated rings. The van der Waals surface area contributed by atoms with Gasteiger partial charge in [-0.25, -0.2) is 0 Å². The summed E-state index contributed by atoms with van der Waals surface area (Å²) in [7, 11) is 1.55. The van der Waals surface area contributed by atoms with Gasteiger partial charge in [-0.05, 0) is 55.5 Å². The van der Waals surface area contributed by atoms with Gasteiger partial charge in [-0.3, -0.25) is 4.99 Å². The summed E-state index contributed by atoms with van der Waals surface area (Å²) in [6, 6.07) is 12.0. The van der Waals surface area contributed by atoms with Gasteiger partial charge in [0.05, 0.1) is 7.11 Å². The number of aromatic nitrogens is 1. The second-order valence-corrected chi connectivity index (χ2v) is 7.02. The standard InChI is InChI=1S/C23H30N4O2.HI/c1-4-24-23(25-12-10-17-6-5-7-21(29-3)22(17)28)26-13-11-18-15-27-20-14-16(2)8-9-19(18)20;/h5-9,14-15,27-28H,4,10-13H2,1-3H3,(H2,24,25,26);1H. The summed E-state index contributed by atoms with van der Waals surface area (Å²) in [6.07, 6.45) is 3.63. The monoisotopic (exact) mass is 522 g/mol. The molecular formula is C23H31IN4O2. The first-order valence-corrected chi connectivity index (χ1v) is 10.1. The molecule has 2 aromatic carbocycles. The van der Waals surface area contributed by atoms with E-state index in [4.69, 9.17) is 4.74 Å². The highest BCUT2D eigenvalue weighted by Gasteiger charge is 2.07. The lowest BCUT2D eigenvalue weighted by Crippen LogP contribution is -2.38. The number of hydrogen-bond acceptors (Lipinski definition) is 3. The summed E-state index contributed by atoms with van der Waals surface area (Å²) in [5.74, 6) is 1.47. The molecule has 162 valence electrons. The predicted molar refractivity (Wildman–Crippen MR) is 134 cm³/mol. The van der Waals surface area contributed by atoms with Crippen molar-refractivity contribution >= 4 is 40.8 Å². The fourth-order valence-electron chi connectivity index (χ4n) is 3.39. The molecule has 30 heavy (non-hydrogen) atoms. The van der Waals surface area contributed by atoms with E-state index in [-0.39, 0.29) is 29.7 Å². The van der Waals surface area contributed by atoms with Crippen molar-refractivity contribution in [2.45, 2.75) is 26.7 Å². The van der Waals surface area contributed by atoms with Crippen molar-refractivity contribution in [3.8, 4) is 11.5 Å². The third-order valence-electron chi connectivity index (χ3n) is 4.91. The molecule has 7 heteroatoms. The number of benzene rings is 2. The van der Waals surface area contributed by atoms with Gasteiger partial charge in [-0.1, -0.05) is 24.3 Å². The Kier molecular flexibility index (Phi) is 9.29. The molecule has 1 aromatic heterocycles. The van der Waals surface area contributed by atoms with Crippen molar-refractivity contribution in [2.24, 2.45) is 4.99 Å². The Morgan fingerprint density at radius 3 is 2.73 bits per heavy atom. The zero-order valence-electron chi connectivity index (χ0n) is 17.8. The lowest BCUT2D eigenvalue weighted by Gasteiger charge is -2.12. The number of methoxy groups -OCH3 is 1. The molecule has 0 radical (unpaired) electrons. The van der Waals surface area contributed by atoms with Crippen molar-refractivity contribution in [3.63, 3.8) is 0 Å². The van der Waals surface area contributed by atoms with Crippen LogP contribution in [-0.2, 0) is 12.8 Å². The number of nitrogens with one attached hydrogen (secondary N) is 3. The molecule has 3 aromatic rings. The van der Waals surface area contributed by atoms with Crippen LogP contribution in [0.25, 0.3) is 10.9 Å². The van der Waals surface area contributed by atoms with E-state index in [1.165, 1.54) is 22.0 Å². The summed E-state index contributed by atoms with van der Waals surface area (Å²) in [5.41, 5.74) is 4.56. The highest BCUT2D eigenvalue weighted by atomic mass is 127. The summed E-state index contributed by atoms with van der Waals surface area (Å²) in [5, 5.41) is 18.1. The number of ether oxygens (including phenoxy) is 1. The molecule has 0 aliphatic carbocycles. The van der Waals surface area contributed by atoms with Crippen molar-refractivity contribution in [3.05, 3.63) is 59.3 Å². The van der Waals surface area contributed by atoms with E-state index in [1.54, 1.807) is 13.2 Å². The predicted octanol–water partition coefficient (Wildman–Crippen LogP) is 4.15. The number of aromatic amines is 1. The Bertz CT molecular complexity index is 984. The van der Waals surface area contributed by atoms with Gasteiger partial charge in [0.1, 0.15) is 0 Å². The third-order valence-corrected chi connectivity index (χ3v) is 4.91. The molecule has 0 bridgehead atoms. The number of H-pyrrole nitrogens is 1. The average Bonchev–Trinajstić information content (AvgIpc) is 3.11. The average molecular weight is 522 g/mol. The minimum Gasteiger partial charge on any atom is -0.504 e. The van der Waals surface area contributed by atoms with Gasteiger partial charge in [-0.15, -0.1) is 24.0 Å². The van der Waals surface area contributed by atoms with E-state index in [2.05, 4.69) is 51.9 Å². The molecular weight excluding hydrogens is 491 g/mol. The molecule has 0 aliphatic heterocycles. The van der Waals surface area contributed by atoms with Crippen molar-refractivity contribution < 1.29 is 9.84 Å². The second kappa shape index (κ2) is 11.7. The lowest BCUT2D eigenvalue weighted by atomic mass is 10.1. The van der Waals surface area contributed by atoms with Gasteiger partial charge < -0.3 is 25.5 Å². The van der Waals surface area contributed by atoms with Crippen molar-refractivity contribution in [1.29, 1.82) is 0 Å². The number of aromatic hydroxyl groups is 1. The first kappa shape index (κ1) is 23.9. The van der Waals surface area contributed by atoms with Crippen molar-refractivity contribution in [2.75, 3.05) is 26.7 Å². The fourth-order valence-corrected chi connectivity index (χ4v) is 3.39. The zero-order valence-corrected chi connectivity index (χ0v) is 20.1. The van der Waals surface area contributed by atoms with Gasteiger partial charge in [0.25, 0.3) is 0 Å². The fraction of sp³-hybridized carbons (Fsp3) is 0.348. The Labute approximate surface area is 195 Å². The number of phenols is 1. The Morgan fingerprint density at radius 2 is 1.97 bits per heavy atom. The first-order chi connectivity index (χ1) is 14.1. The number of phenolic OH excluding ortho intramolecular Hbond substituents is 1. The van der Waals surface area contributed by atoms with Crippen LogP contribution in [0.4, 0.5) is 0 Å². The molecule has 0 spiro atoms. The molecule has 0 unspecified atom stereocenters. The van der Waals surface area contributed by atoms with Crippen LogP contribution in [0.1, 0.15) is 23.6 Å². The number of fused-ring (bicyclic) bond motifs is 1. The van der Waals surface area contributed by atoms with E-state index in [0.29, 0.717) is 18.7 Å². The second-order valence-electron chi connectivity index (χ2n) is 7.02. The minimum absolute atomic E-state index is 0. The minimum atomic E-state index is 0. The Balaban J connectivity index is 0.00000320. The maximum atomic E-state index is 10.2. The molecule has 4 N–H and O–H groups in total.